The average Bonchev–Trinajstić information content (AvgIpc) is 2.45. The van der Waals surface area contributed by atoms with E-state index in [1.165, 1.54) is 31.4 Å². The molecule has 0 radical (unpaired) electrons. The van der Waals surface area contributed by atoms with E-state index in [1.807, 2.05) is 0 Å². The van der Waals surface area contributed by atoms with E-state index >= 15 is 0 Å². The van der Waals surface area contributed by atoms with Crippen LogP contribution in [0, 0.1) is 0 Å². The fraction of sp³-hybridized carbons (Fsp3) is 0.667. The van der Waals surface area contributed by atoms with Crippen LogP contribution in [0.5, 0.6) is 0 Å². The lowest BCUT2D eigenvalue weighted by atomic mass is 10.0. The second kappa shape index (κ2) is 9.95. The van der Waals surface area contributed by atoms with Crippen LogP contribution < -0.4 is 5.73 Å². The molecule has 0 amide bonds. The molecule has 0 saturated heterocycles. The fourth-order valence-electron chi connectivity index (χ4n) is 2.51. The van der Waals surface area contributed by atoms with E-state index in [1.54, 1.807) is 0 Å². The van der Waals surface area contributed by atoms with E-state index in [-0.39, 0.29) is 6.04 Å². The normalized spacial score (nSPS) is 13.1. The molecule has 0 aliphatic rings. The lowest BCUT2D eigenvalue weighted by Crippen LogP contribution is -2.42. The third kappa shape index (κ3) is 7.06. The van der Waals surface area contributed by atoms with Crippen molar-refractivity contribution in [3.63, 3.8) is 0 Å². The molecule has 0 fully saturated rings. The smallest absolute Gasteiger partial charge is 0.0171 e. The van der Waals surface area contributed by atoms with Crippen LogP contribution in [0.1, 0.15) is 52.0 Å². The minimum absolute atomic E-state index is 0.277. The third-order valence-electron chi connectivity index (χ3n) is 3.89. The van der Waals surface area contributed by atoms with Crippen molar-refractivity contribution >= 4 is 0 Å². The second-order valence-corrected chi connectivity index (χ2v) is 6.08. The lowest BCUT2D eigenvalue weighted by molar-refractivity contribution is 0.201. The van der Waals surface area contributed by atoms with Gasteiger partial charge >= 0.3 is 0 Å². The summed E-state index contributed by atoms with van der Waals surface area (Å²) in [4.78, 5) is 2.53. The molecule has 0 heterocycles. The van der Waals surface area contributed by atoms with E-state index < -0.39 is 0 Å². The number of benzene rings is 1. The second-order valence-electron chi connectivity index (χ2n) is 6.08. The Morgan fingerprint density at radius 2 is 1.80 bits per heavy atom. The maximum absolute atomic E-state index is 6.32. The van der Waals surface area contributed by atoms with E-state index in [0.29, 0.717) is 6.04 Å². The molecule has 0 spiro atoms. The van der Waals surface area contributed by atoms with Gasteiger partial charge in [-0.25, -0.2) is 0 Å². The molecule has 1 aromatic rings. The molecular weight excluding hydrogens is 244 g/mol. The van der Waals surface area contributed by atoms with Gasteiger partial charge in [-0.3, -0.25) is 4.90 Å². The van der Waals surface area contributed by atoms with Crippen LogP contribution in [0.2, 0.25) is 0 Å². The maximum Gasteiger partial charge on any atom is 0.0171 e. The summed E-state index contributed by atoms with van der Waals surface area (Å²) in [5.74, 6) is 0. The molecule has 0 aliphatic heterocycles. The Morgan fingerprint density at radius 1 is 1.10 bits per heavy atom. The van der Waals surface area contributed by atoms with Crippen molar-refractivity contribution in [3.8, 4) is 0 Å². The first kappa shape index (κ1) is 17.2. The number of nitrogens with two attached hydrogens (primary N) is 1. The lowest BCUT2D eigenvalue weighted by Gasteiger charge is -2.29. The molecule has 0 bridgehead atoms. The number of hydrogen-bond acceptors (Lipinski definition) is 2. The molecule has 0 saturated carbocycles. The van der Waals surface area contributed by atoms with Crippen LogP contribution in [0.4, 0.5) is 0 Å². The van der Waals surface area contributed by atoms with Gasteiger partial charge in [-0.05, 0) is 45.2 Å². The summed E-state index contributed by atoms with van der Waals surface area (Å²) in [6.45, 7) is 9.01. The Bertz CT molecular complexity index is 335. The summed E-state index contributed by atoms with van der Waals surface area (Å²) >= 11 is 0. The largest absolute Gasteiger partial charge is 0.327 e. The van der Waals surface area contributed by atoms with Crippen molar-refractivity contribution in [2.45, 2.75) is 65.0 Å². The minimum atomic E-state index is 0.277. The summed E-state index contributed by atoms with van der Waals surface area (Å²) in [5, 5.41) is 0. The molecule has 1 atom stereocenters. The van der Waals surface area contributed by atoms with Crippen LogP contribution in [0.25, 0.3) is 0 Å². The Morgan fingerprint density at radius 3 is 2.40 bits per heavy atom. The van der Waals surface area contributed by atoms with Gasteiger partial charge in [-0.15, -0.1) is 0 Å². The van der Waals surface area contributed by atoms with Gasteiger partial charge in [-0.1, -0.05) is 50.1 Å². The van der Waals surface area contributed by atoms with Gasteiger partial charge < -0.3 is 5.73 Å². The molecule has 2 heteroatoms. The van der Waals surface area contributed by atoms with Gasteiger partial charge in [-0.2, -0.15) is 0 Å². The Labute approximate surface area is 125 Å². The molecule has 1 unspecified atom stereocenters. The summed E-state index contributed by atoms with van der Waals surface area (Å²) < 4.78 is 0. The predicted molar refractivity (Wildman–Crippen MR) is 89.0 cm³/mol. The summed E-state index contributed by atoms with van der Waals surface area (Å²) in [5.41, 5.74) is 7.72. The summed E-state index contributed by atoms with van der Waals surface area (Å²) in [6, 6.07) is 11.5. The van der Waals surface area contributed by atoms with Crippen LogP contribution in [-0.4, -0.2) is 30.1 Å². The standard InChI is InChI=1S/C18H32N2/c1-4-5-9-14-20(16(2)3)15-18(19)13-12-17-10-7-6-8-11-17/h6-8,10-11,16,18H,4-5,9,12-15,19H2,1-3H3. The molecular formula is C18H32N2. The van der Waals surface area contributed by atoms with Gasteiger partial charge in [0, 0.05) is 18.6 Å². The molecule has 0 aromatic heterocycles. The fourth-order valence-corrected chi connectivity index (χ4v) is 2.51. The van der Waals surface area contributed by atoms with E-state index in [9.17, 15) is 0 Å². The first-order chi connectivity index (χ1) is 9.63. The number of rotatable bonds is 10. The van der Waals surface area contributed by atoms with Crippen molar-refractivity contribution in [1.29, 1.82) is 0 Å². The third-order valence-corrected chi connectivity index (χ3v) is 3.89. The Balaban J connectivity index is 2.32. The van der Waals surface area contributed by atoms with Crippen molar-refractivity contribution in [1.82, 2.24) is 4.90 Å². The monoisotopic (exact) mass is 276 g/mol. The van der Waals surface area contributed by atoms with Crippen molar-refractivity contribution < 1.29 is 0 Å². The molecule has 1 aromatic carbocycles. The van der Waals surface area contributed by atoms with Crippen LogP contribution >= 0.6 is 0 Å². The van der Waals surface area contributed by atoms with Gasteiger partial charge in [0.2, 0.25) is 0 Å². The molecule has 20 heavy (non-hydrogen) atoms. The van der Waals surface area contributed by atoms with E-state index in [0.717, 1.165) is 19.4 Å². The first-order valence-electron chi connectivity index (χ1n) is 8.17. The van der Waals surface area contributed by atoms with Crippen LogP contribution in [0.15, 0.2) is 30.3 Å². The van der Waals surface area contributed by atoms with E-state index in [2.05, 4.69) is 56.0 Å². The topological polar surface area (TPSA) is 29.3 Å². The zero-order chi connectivity index (χ0) is 14.8. The van der Waals surface area contributed by atoms with Crippen molar-refractivity contribution in [3.05, 3.63) is 35.9 Å². The summed E-state index contributed by atoms with van der Waals surface area (Å²) in [7, 11) is 0. The van der Waals surface area contributed by atoms with Gasteiger partial charge in [0.15, 0.2) is 0 Å². The zero-order valence-corrected chi connectivity index (χ0v) is 13.5. The highest BCUT2D eigenvalue weighted by atomic mass is 15.2. The van der Waals surface area contributed by atoms with Gasteiger partial charge in [0.05, 0.1) is 0 Å². The Hall–Kier alpha value is -0.860. The van der Waals surface area contributed by atoms with Crippen molar-refractivity contribution in [2.75, 3.05) is 13.1 Å². The molecule has 1 rings (SSSR count). The molecule has 2 N–H and O–H groups in total. The minimum Gasteiger partial charge on any atom is -0.327 e. The molecule has 2 nitrogen and oxygen atoms in total. The van der Waals surface area contributed by atoms with Crippen molar-refractivity contribution in [2.24, 2.45) is 5.73 Å². The maximum atomic E-state index is 6.32. The zero-order valence-electron chi connectivity index (χ0n) is 13.5. The number of hydrogen-bond donors (Lipinski definition) is 1. The first-order valence-corrected chi connectivity index (χ1v) is 8.17. The number of aryl methyl sites for hydroxylation is 1. The SMILES string of the molecule is CCCCCN(CC(N)CCc1ccccc1)C(C)C. The van der Waals surface area contributed by atoms with E-state index in [4.69, 9.17) is 5.73 Å². The number of unbranched alkanes of at least 4 members (excludes halogenated alkanes) is 2. The Kier molecular flexibility index (Phi) is 8.56. The highest BCUT2D eigenvalue weighted by Crippen LogP contribution is 2.08. The van der Waals surface area contributed by atoms with Crippen LogP contribution in [0.3, 0.4) is 0 Å². The number of nitrogens with zero attached hydrogens (tertiary/aromatic N) is 1. The summed E-state index contributed by atoms with van der Waals surface area (Å²) in [6.07, 6.45) is 6.05. The van der Waals surface area contributed by atoms with Crippen LogP contribution in [-0.2, 0) is 6.42 Å². The van der Waals surface area contributed by atoms with Gasteiger partial charge in [0.25, 0.3) is 0 Å². The molecule has 114 valence electrons. The van der Waals surface area contributed by atoms with Gasteiger partial charge in [0.1, 0.15) is 0 Å². The predicted octanol–water partition coefficient (Wildman–Crippen LogP) is 3.85. The molecule has 0 aliphatic carbocycles. The quantitative estimate of drug-likeness (QED) is 0.658. The highest BCUT2D eigenvalue weighted by Gasteiger charge is 2.13. The average molecular weight is 276 g/mol. The highest BCUT2D eigenvalue weighted by molar-refractivity contribution is 5.14.